The van der Waals surface area contributed by atoms with Gasteiger partial charge in [-0.2, -0.15) is 13.2 Å². The Hall–Kier alpha value is -2.60. The van der Waals surface area contributed by atoms with E-state index in [4.69, 9.17) is 9.84 Å². The van der Waals surface area contributed by atoms with E-state index < -0.39 is 35.9 Å². The van der Waals surface area contributed by atoms with Crippen molar-refractivity contribution < 1.29 is 37.4 Å². The van der Waals surface area contributed by atoms with Crippen LogP contribution in [0.3, 0.4) is 0 Å². The number of carboxylic acid groups (broad SMARTS) is 1. The average Bonchev–Trinajstić information content (AvgIpc) is 2.58. The minimum Gasteiger partial charge on any atom is -0.487 e. The summed E-state index contributed by atoms with van der Waals surface area (Å²) >= 11 is 6.49. The third-order valence-corrected chi connectivity index (χ3v) is 4.80. The highest BCUT2D eigenvalue weighted by molar-refractivity contribution is 9.11. The highest BCUT2D eigenvalue weighted by Gasteiger charge is 2.31. The first kappa shape index (κ1) is 24.7. The smallest absolute Gasteiger partial charge is 0.416 e. The lowest BCUT2D eigenvalue weighted by atomic mass is 10.1. The van der Waals surface area contributed by atoms with Crippen LogP contribution in [-0.4, -0.2) is 22.9 Å². The van der Waals surface area contributed by atoms with Crippen LogP contribution in [0.5, 0.6) is 5.75 Å². The van der Waals surface area contributed by atoms with Crippen molar-refractivity contribution in [1.29, 1.82) is 0 Å². The Labute approximate surface area is 191 Å². The molecule has 2 amide bonds. The number of hydrogen-bond acceptors (Lipinski definition) is 4. The minimum absolute atomic E-state index is 0.0180. The first-order valence-electron chi connectivity index (χ1n) is 8.47. The van der Waals surface area contributed by atoms with Gasteiger partial charge in [0.25, 0.3) is 0 Å². The normalized spacial score (nSPS) is 11.0. The summed E-state index contributed by atoms with van der Waals surface area (Å²) in [6.07, 6.45) is -5.32. The van der Waals surface area contributed by atoms with Crippen LogP contribution < -0.4 is 15.4 Å². The predicted octanol–water partition coefficient (Wildman–Crippen LogP) is 5.18. The maximum atomic E-state index is 13.2. The van der Waals surface area contributed by atoms with E-state index >= 15 is 0 Å². The summed E-state index contributed by atoms with van der Waals surface area (Å²) < 4.78 is 45.8. The fraction of sp³-hybridized carbons (Fsp3) is 0.211. The zero-order chi connectivity index (χ0) is 23.3. The van der Waals surface area contributed by atoms with Crippen LogP contribution in [0.25, 0.3) is 0 Å². The monoisotopic (exact) mass is 566 g/mol. The molecular weight excluding hydrogens is 553 g/mol. The predicted molar refractivity (Wildman–Crippen MR) is 113 cm³/mol. The lowest BCUT2D eigenvalue weighted by Gasteiger charge is -2.15. The van der Waals surface area contributed by atoms with Crippen molar-refractivity contribution in [3.05, 3.63) is 50.4 Å². The Balaban J connectivity index is 2.23. The average molecular weight is 568 g/mol. The molecular formula is C19H15Br2F3N2O5. The lowest BCUT2D eigenvalue weighted by molar-refractivity contribution is -0.140. The van der Waals surface area contributed by atoms with Crippen molar-refractivity contribution >= 4 is 61.0 Å². The van der Waals surface area contributed by atoms with Gasteiger partial charge in [-0.1, -0.05) is 0 Å². The molecule has 166 valence electrons. The van der Waals surface area contributed by atoms with Crippen molar-refractivity contribution in [2.75, 3.05) is 10.6 Å². The number of benzene rings is 2. The molecule has 0 aromatic heterocycles. The van der Waals surface area contributed by atoms with Crippen molar-refractivity contribution in [3.63, 3.8) is 0 Å². The molecule has 0 atom stereocenters. The summed E-state index contributed by atoms with van der Waals surface area (Å²) in [5.74, 6) is -2.28. The minimum atomic E-state index is -4.61. The van der Waals surface area contributed by atoms with Gasteiger partial charge in [0.1, 0.15) is 18.8 Å². The van der Waals surface area contributed by atoms with Crippen molar-refractivity contribution in [1.82, 2.24) is 0 Å². The third-order valence-electron chi connectivity index (χ3n) is 3.62. The molecule has 2 aromatic rings. The molecule has 0 radical (unpaired) electrons. The molecule has 0 bridgehead atoms. The summed E-state index contributed by atoms with van der Waals surface area (Å²) in [6.45, 7) is 0.930. The maximum absolute atomic E-state index is 13.2. The van der Waals surface area contributed by atoms with Crippen LogP contribution >= 0.6 is 31.9 Å². The molecule has 0 saturated heterocycles. The molecule has 0 aliphatic rings. The molecule has 7 nitrogen and oxygen atoms in total. The second-order valence-corrected chi connectivity index (χ2v) is 7.98. The van der Waals surface area contributed by atoms with E-state index in [1.807, 2.05) is 0 Å². The van der Waals surface area contributed by atoms with Crippen molar-refractivity contribution in [3.8, 4) is 5.75 Å². The molecule has 3 N–H and O–H groups in total. The Morgan fingerprint density at radius 3 is 2.10 bits per heavy atom. The van der Waals surface area contributed by atoms with E-state index in [9.17, 15) is 27.6 Å². The van der Waals surface area contributed by atoms with Gasteiger partial charge >= 0.3 is 12.1 Å². The summed E-state index contributed by atoms with van der Waals surface area (Å²) in [6, 6.07) is 6.00. The number of alkyl halides is 3. The molecule has 0 aliphatic heterocycles. The number of amides is 2. The number of rotatable bonds is 7. The number of hydrogen-bond donors (Lipinski definition) is 3. The SMILES string of the molecule is CC(=O)Nc1cc(COc2c(Br)cc(NC(=O)CC(=O)O)cc2Br)cc(C(F)(F)F)c1. The summed E-state index contributed by atoms with van der Waals surface area (Å²) in [5, 5.41) is 13.4. The Bertz CT molecular complexity index is 1010. The van der Waals surface area contributed by atoms with E-state index in [2.05, 4.69) is 42.5 Å². The van der Waals surface area contributed by atoms with Gasteiger partial charge < -0.3 is 20.5 Å². The number of carbonyl (C=O) groups excluding carboxylic acids is 2. The van der Waals surface area contributed by atoms with Gasteiger partial charge in [0, 0.05) is 18.3 Å². The molecule has 0 heterocycles. The van der Waals surface area contributed by atoms with E-state index in [1.165, 1.54) is 25.1 Å². The van der Waals surface area contributed by atoms with Crippen LogP contribution in [0.15, 0.2) is 39.3 Å². The molecule has 2 aromatic carbocycles. The molecule has 0 aliphatic carbocycles. The molecule has 0 fully saturated rings. The van der Waals surface area contributed by atoms with Gasteiger partial charge in [0.2, 0.25) is 11.8 Å². The Morgan fingerprint density at radius 1 is 1.00 bits per heavy atom. The molecule has 31 heavy (non-hydrogen) atoms. The zero-order valence-electron chi connectivity index (χ0n) is 15.8. The fourth-order valence-corrected chi connectivity index (χ4v) is 3.90. The second kappa shape index (κ2) is 10.1. The van der Waals surface area contributed by atoms with Crippen LogP contribution in [0.4, 0.5) is 24.5 Å². The van der Waals surface area contributed by atoms with Gasteiger partial charge in [-0.15, -0.1) is 0 Å². The molecule has 0 spiro atoms. The summed E-state index contributed by atoms with van der Waals surface area (Å²) in [4.78, 5) is 33.4. The van der Waals surface area contributed by atoms with E-state index in [0.29, 0.717) is 8.95 Å². The van der Waals surface area contributed by atoms with E-state index in [1.54, 1.807) is 0 Å². The van der Waals surface area contributed by atoms with E-state index in [-0.39, 0.29) is 29.3 Å². The number of carboxylic acids is 1. The van der Waals surface area contributed by atoms with E-state index in [0.717, 1.165) is 12.1 Å². The number of ether oxygens (including phenoxy) is 1. The third kappa shape index (κ3) is 7.55. The van der Waals surface area contributed by atoms with Crippen LogP contribution in [0.1, 0.15) is 24.5 Å². The summed E-state index contributed by atoms with van der Waals surface area (Å²) in [7, 11) is 0. The second-order valence-electron chi connectivity index (χ2n) is 6.27. The van der Waals surface area contributed by atoms with Crippen LogP contribution in [0.2, 0.25) is 0 Å². The first-order chi connectivity index (χ1) is 14.3. The van der Waals surface area contributed by atoms with Gasteiger partial charge in [0.15, 0.2) is 0 Å². The highest BCUT2D eigenvalue weighted by Crippen LogP contribution is 2.38. The molecule has 0 unspecified atom stereocenters. The van der Waals surface area contributed by atoms with Gasteiger partial charge in [0.05, 0.1) is 14.5 Å². The number of carbonyl (C=O) groups is 3. The molecule has 0 saturated carbocycles. The molecule has 12 heteroatoms. The number of halogens is 5. The highest BCUT2D eigenvalue weighted by atomic mass is 79.9. The number of nitrogens with one attached hydrogen (secondary N) is 2. The van der Waals surface area contributed by atoms with Crippen molar-refractivity contribution in [2.24, 2.45) is 0 Å². The quantitative estimate of drug-likeness (QED) is 0.400. The zero-order valence-corrected chi connectivity index (χ0v) is 18.9. The lowest BCUT2D eigenvalue weighted by Crippen LogP contribution is -2.16. The van der Waals surface area contributed by atoms with Crippen LogP contribution in [0, 0.1) is 0 Å². The Morgan fingerprint density at radius 2 is 1.58 bits per heavy atom. The van der Waals surface area contributed by atoms with Gasteiger partial charge in [-0.25, -0.2) is 0 Å². The molecule has 2 rings (SSSR count). The largest absolute Gasteiger partial charge is 0.487 e. The number of aliphatic carboxylic acids is 1. The van der Waals surface area contributed by atoms with Crippen molar-refractivity contribution in [2.45, 2.75) is 26.1 Å². The van der Waals surface area contributed by atoms with Crippen LogP contribution in [-0.2, 0) is 27.2 Å². The summed E-state index contributed by atoms with van der Waals surface area (Å²) in [5.41, 5.74) is -0.511. The van der Waals surface area contributed by atoms with Gasteiger partial charge in [-0.05, 0) is 67.8 Å². The Kier molecular flexibility index (Phi) is 8.07. The fourth-order valence-electron chi connectivity index (χ4n) is 2.48. The topological polar surface area (TPSA) is 105 Å². The van der Waals surface area contributed by atoms with Gasteiger partial charge in [-0.3, -0.25) is 14.4 Å². The number of anilines is 2. The maximum Gasteiger partial charge on any atom is 0.416 e. The first-order valence-corrected chi connectivity index (χ1v) is 10.1. The standard InChI is InChI=1S/C19H15Br2F3N2O5/c1-9(27)25-12-3-10(2-11(4-12)19(22,23)24)8-31-18-14(20)5-13(6-15(18)21)26-16(28)7-17(29)30/h2-6H,7-8H2,1H3,(H,25,27)(H,26,28)(H,29,30).